The van der Waals surface area contributed by atoms with Crippen LogP contribution in [0.5, 0.6) is 11.5 Å². The van der Waals surface area contributed by atoms with Crippen LogP contribution in [0.2, 0.25) is 0 Å². The summed E-state index contributed by atoms with van der Waals surface area (Å²) in [5.74, 6) is 1.57. The zero-order valence-electron chi connectivity index (χ0n) is 17.0. The lowest BCUT2D eigenvalue weighted by molar-refractivity contribution is -0.114. The fourth-order valence-corrected chi connectivity index (χ4v) is 2.63. The predicted octanol–water partition coefficient (Wildman–Crippen LogP) is 5.49. The number of carbonyl (C=O) groups excluding carboxylic acids is 1. The van der Waals surface area contributed by atoms with Crippen LogP contribution in [-0.4, -0.2) is 25.7 Å². The average Bonchev–Trinajstić information content (AvgIpc) is 2.72. The molecule has 5 nitrogen and oxygen atoms in total. The number of hydrogen-bond acceptors (Lipinski definition) is 4. The van der Waals surface area contributed by atoms with E-state index >= 15 is 0 Å². The first kappa shape index (κ1) is 21.6. The third-order valence-electron chi connectivity index (χ3n) is 4.18. The third kappa shape index (κ3) is 8.33. The van der Waals surface area contributed by atoms with Gasteiger partial charge in [-0.05, 0) is 61.4 Å². The van der Waals surface area contributed by atoms with Gasteiger partial charge in [0.2, 0.25) is 5.91 Å². The fourth-order valence-electron chi connectivity index (χ4n) is 2.63. The minimum atomic E-state index is -0.0986. The second-order valence-electron chi connectivity index (χ2n) is 6.71. The van der Waals surface area contributed by atoms with Crippen molar-refractivity contribution in [1.29, 1.82) is 0 Å². The fraction of sp³-hybridized carbons (Fsp3) is 0.435. The molecule has 5 heteroatoms. The SMILES string of the molecule is CCCCCCOc1ccc(NCC(=O)Nc2ccc(OCCC)cc2)cc1. The van der Waals surface area contributed by atoms with Crippen molar-refractivity contribution in [3.63, 3.8) is 0 Å². The average molecular weight is 385 g/mol. The number of amides is 1. The molecule has 2 aromatic rings. The molecule has 0 unspecified atom stereocenters. The summed E-state index contributed by atoms with van der Waals surface area (Å²) in [6.07, 6.45) is 5.74. The minimum Gasteiger partial charge on any atom is -0.494 e. The van der Waals surface area contributed by atoms with Gasteiger partial charge in [-0.2, -0.15) is 0 Å². The van der Waals surface area contributed by atoms with E-state index in [2.05, 4.69) is 24.5 Å². The van der Waals surface area contributed by atoms with Gasteiger partial charge >= 0.3 is 0 Å². The summed E-state index contributed by atoms with van der Waals surface area (Å²) in [5.41, 5.74) is 1.64. The van der Waals surface area contributed by atoms with Crippen LogP contribution >= 0.6 is 0 Å². The van der Waals surface area contributed by atoms with Crippen molar-refractivity contribution in [2.75, 3.05) is 30.4 Å². The molecule has 1 amide bonds. The van der Waals surface area contributed by atoms with Crippen molar-refractivity contribution in [1.82, 2.24) is 0 Å². The van der Waals surface area contributed by atoms with E-state index in [0.29, 0.717) is 6.61 Å². The molecular weight excluding hydrogens is 352 g/mol. The Bertz CT molecular complexity index is 684. The Balaban J connectivity index is 1.69. The van der Waals surface area contributed by atoms with Crippen LogP contribution in [0.4, 0.5) is 11.4 Å². The summed E-state index contributed by atoms with van der Waals surface area (Å²) in [4.78, 5) is 12.1. The topological polar surface area (TPSA) is 59.6 Å². The van der Waals surface area contributed by atoms with E-state index in [0.717, 1.165) is 42.3 Å². The molecule has 0 fully saturated rings. The van der Waals surface area contributed by atoms with Gasteiger partial charge in [0.15, 0.2) is 0 Å². The van der Waals surface area contributed by atoms with Crippen LogP contribution in [0, 0.1) is 0 Å². The molecule has 0 aliphatic carbocycles. The number of rotatable bonds is 13. The number of anilines is 2. The third-order valence-corrected chi connectivity index (χ3v) is 4.18. The Morgan fingerprint density at radius 3 is 1.96 bits per heavy atom. The molecule has 0 radical (unpaired) electrons. The summed E-state index contributed by atoms with van der Waals surface area (Å²) in [6, 6.07) is 15.1. The van der Waals surface area contributed by atoms with Gasteiger partial charge in [0, 0.05) is 11.4 Å². The Morgan fingerprint density at radius 2 is 1.36 bits per heavy atom. The molecule has 28 heavy (non-hydrogen) atoms. The van der Waals surface area contributed by atoms with E-state index in [4.69, 9.17) is 9.47 Å². The van der Waals surface area contributed by atoms with Crippen molar-refractivity contribution in [2.24, 2.45) is 0 Å². The smallest absolute Gasteiger partial charge is 0.243 e. The van der Waals surface area contributed by atoms with Gasteiger partial charge in [0.25, 0.3) is 0 Å². The highest BCUT2D eigenvalue weighted by Gasteiger charge is 2.03. The normalized spacial score (nSPS) is 10.4. The highest BCUT2D eigenvalue weighted by molar-refractivity contribution is 5.93. The van der Waals surface area contributed by atoms with Crippen LogP contribution in [0.3, 0.4) is 0 Å². The standard InChI is InChI=1S/C23H32N2O3/c1-3-5-6-7-17-28-22-12-8-19(9-13-22)24-18-23(26)25-20-10-14-21(15-11-20)27-16-4-2/h8-15,24H,3-7,16-18H2,1-2H3,(H,25,26). The molecule has 0 atom stereocenters. The van der Waals surface area contributed by atoms with E-state index in [1.54, 1.807) is 0 Å². The highest BCUT2D eigenvalue weighted by atomic mass is 16.5. The van der Waals surface area contributed by atoms with Crippen molar-refractivity contribution >= 4 is 17.3 Å². The number of hydrogen-bond donors (Lipinski definition) is 2. The summed E-state index contributed by atoms with van der Waals surface area (Å²) < 4.78 is 11.3. The molecule has 0 saturated heterocycles. The van der Waals surface area contributed by atoms with Crippen LogP contribution in [0.25, 0.3) is 0 Å². The first-order valence-electron chi connectivity index (χ1n) is 10.2. The van der Waals surface area contributed by atoms with Crippen molar-refractivity contribution in [2.45, 2.75) is 46.0 Å². The lowest BCUT2D eigenvalue weighted by atomic mass is 10.2. The zero-order valence-corrected chi connectivity index (χ0v) is 17.0. The first-order chi connectivity index (χ1) is 13.7. The minimum absolute atomic E-state index is 0.0986. The van der Waals surface area contributed by atoms with Crippen molar-refractivity contribution in [3.8, 4) is 11.5 Å². The second kappa shape index (κ2) is 12.7. The Hall–Kier alpha value is -2.69. The van der Waals surface area contributed by atoms with E-state index in [-0.39, 0.29) is 12.5 Å². The second-order valence-corrected chi connectivity index (χ2v) is 6.71. The molecule has 2 N–H and O–H groups in total. The van der Waals surface area contributed by atoms with Gasteiger partial charge in [-0.1, -0.05) is 33.1 Å². The summed E-state index contributed by atoms with van der Waals surface area (Å²) in [6.45, 7) is 5.91. The van der Waals surface area contributed by atoms with Crippen molar-refractivity contribution in [3.05, 3.63) is 48.5 Å². The van der Waals surface area contributed by atoms with E-state index < -0.39 is 0 Å². The van der Waals surface area contributed by atoms with Gasteiger partial charge < -0.3 is 20.1 Å². The molecule has 0 heterocycles. The number of benzene rings is 2. The van der Waals surface area contributed by atoms with Gasteiger partial charge in [-0.15, -0.1) is 0 Å². The van der Waals surface area contributed by atoms with E-state index in [1.807, 2.05) is 48.5 Å². The number of unbranched alkanes of at least 4 members (excludes halogenated alkanes) is 3. The molecule has 0 aliphatic rings. The number of nitrogens with one attached hydrogen (secondary N) is 2. The molecule has 0 saturated carbocycles. The summed E-state index contributed by atoms with van der Waals surface area (Å²) in [5, 5.41) is 5.99. The molecule has 2 rings (SSSR count). The van der Waals surface area contributed by atoms with Crippen molar-refractivity contribution < 1.29 is 14.3 Å². The molecule has 2 aromatic carbocycles. The maximum atomic E-state index is 12.1. The first-order valence-corrected chi connectivity index (χ1v) is 10.2. The maximum Gasteiger partial charge on any atom is 0.243 e. The summed E-state index contributed by atoms with van der Waals surface area (Å²) in [7, 11) is 0. The summed E-state index contributed by atoms with van der Waals surface area (Å²) >= 11 is 0. The molecule has 0 aromatic heterocycles. The quantitative estimate of drug-likeness (QED) is 0.449. The van der Waals surface area contributed by atoms with Crippen LogP contribution in [0.1, 0.15) is 46.0 Å². The maximum absolute atomic E-state index is 12.1. The van der Waals surface area contributed by atoms with Gasteiger partial charge in [-0.3, -0.25) is 4.79 Å². The Kier molecular flexibility index (Phi) is 9.76. The van der Waals surface area contributed by atoms with Crippen LogP contribution in [0.15, 0.2) is 48.5 Å². The molecular formula is C23H32N2O3. The number of carbonyl (C=O) groups is 1. The molecule has 0 aliphatic heterocycles. The largest absolute Gasteiger partial charge is 0.494 e. The van der Waals surface area contributed by atoms with Crippen LogP contribution in [-0.2, 0) is 4.79 Å². The Labute approximate surface area is 168 Å². The highest BCUT2D eigenvalue weighted by Crippen LogP contribution is 2.17. The van der Waals surface area contributed by atoms with E-state index in [1.165, 1.54) is 19.3 Å². The molecule has 0 spiro atoms. The molecule has 0 bridgehead atoms. The monoisotopic (exact) mass is 384 g/mol. The molecule has 152 valence electrons. The lowest BCUT2D eigenvalue weighted by Crippen LogP contribution is -2.21. The van der Waals surface area contributed by atoms with Crippen LogP contribution < -0.4 is 20.1 Å². The Morgan fingerprint density at radius 1 is 0.750 bits per heavy atom. The number of ether oxygens (including phenoxy) is 2. The predicted molar refractivity (Wildman–Crippen MR) is 115 cm³/mol. The van der Waals surface area contributed by atoms with E-state index in [9.17, 15) is 4.79 Å². The van der Waals surface area contributed by atoms with Gasteiger partial charge in [0.1, 0.15) is 11.5 Å². The van der Waals surface area contributed by atoms with Gasteiger partial charge in [0.05, 0.1) is 19.8 Å². The lowest BCUT2D eigenvalue weighted by Gasteiger charge is -2.10. The van der Waals surface area contributed by atoms with Gasteiger partial charge in [-0.25, -0.2) is 0 Å². The zero-order chi connectivity index (χ0) is 20.0.